The summed E-state index contributed by atoms with van der Waals surface area (Å²) < 4.78 is 0. The Bertz CT molecular complexity index is 494. The molecule has 108 valence electrons. The Kier molecular flexibility index (Phi) is 4.65. The van der Waals surface area contributed by atoms with Crippen LogP contribution >= 0.6 is 0 Å². The fourth-order valence-corrected chi connectivity index (χ4v) is 2.68. The van der Waals surface area contributed by atoms with E-state index in [4.69, 9.17) is 16.1 Å². The van der Waals surface area contributed by atoms with E-state index in [9.17, 15) is 4.79 Å². The van der Waals surface area contributed by atoms with Crippen molar-refractivity contribution in [3.8, 4) is 0 Å². The number of imidazole rings is 1. The number of amides is 1. The van der Waals surface area contributed by atoms with Crippen molar-refractivity contribution in [3.05, 3.63) is 18.2 Å². The fraction of sp³-hybridized carbons (Fsp3) is 0.571. The van der Waals surface area contributed by atoms with E-state index in [2.05, 4.69) is 16.9 Å². The monoisotopic (exact) mass is 275 g/mol. The minimum absolute atomic E-state index is 0.184. The summed E-state index contributed by atoms with van der Waals surface area (Å²) in [6.45, 7) is 2.18. The number of aromatic nitrogens is 2. The van der Waals surface area contributed by atoms with Gasteiger partial charge in [0, 0.05) is 6.21 Å². The van der Waals surface area contributed by atoms with Crippen LogP contribution in [0.5, 0.6) is 0 Å². The van der Waals surface area contributed by atoms with Crippen molar-refractivity contribution in [2.24, 2.45) is 22.6 Å². The highest BCUT2D eigenvalue weighted by atomic mass is 16.1. The van der Waals surface area contributed by atoms with E-state index < -0.39 is 11.8 Å². The lowest BCUT2D eigenvalue weighted by Crippen LogP contribution is -2.34. The first-order valence-corrected chi connectivity index (χ1v) is 6.99. The second-order valence-corrected chi connectivity index (χ2v) is 5.36. The van der Waals surface area contributed by atoms with Crippen LogP contribution < -0.4 is 5.73 Å². The molecular weight excluding hydrogens is 254 g/mol. The summed E-state index contributed by atoms with van der Waals surface area (Å²) in [5.74, 6) is -0.873. The number of nitrogens with zero attached hydrogens (tertiary/aromatic N) is 2. The van der Waals surface area contributed by atoms with Gasteiger partial charge in [-0.3, -0.25) is 9.79 Å². The summed E-state index contributed by atoms with van der Waals surface area (Å²) in [6, 6.07) is 0.184. The second kappa shape index (κ2) is 6.45. The summed E-state index contributed by atoms with van der Waals surface area (Å²) >= 11 is 0. The maximum Gasteiger partial charge on any atom is 0.232 e. The third-order valence-electron chi connectivity index (χ3n) is 3.91. The molecule has 0 aromatic carbocycles. The standard InChI is InChI=1S/C14H21N5O/c1-9-4-2-3-5-11(9)19-13(10(6-15)14(16)20)12-7-17-8-18-12/h6-11,15H,2-5H2,1H3,(H2,16,20)(H,17,18). The maximum absolute atomic E-state index is 11.5. The van der Waals surface area contributed by atoms with Crippen molar-refractivity contribution in [1.29, 1.82) is 5.41 Å². The maximum atomic E-state index is 11.5. The second-order valence-electron chi connectivity index (χ2n) is 5.36. The van der Waals surface area contributed by atoms with Gasteiger partial charge in [0.2, 0.25) is 5.91 Å². The third-order valence-corrected chi connectivity index (χ3v) is 3.91. The van der Waals surface area contributed by atoms with Gasteiger partial charge in [-0.25, -0.2) is 4.98 Å². The minimum atomic E-state index is -0.801. The number of carbonyl (C=O) groups is 1. The molecule has 3 atom stereocenters. The van der Waals surface area contributed by atoms with E-state index in [0.29, 0.717) is 17.3 Å². The first-order chi connectivity index (χ1) is 9.63. The Balaban J connectivity index is 2.35. The molecule has 0 saturated heterocycles. The lowest BCUT2D eigenvalue weighted by atomic mass is 9.86. The average molecular weight is 275 g/mol. The highest BCUT2D eigenvalue weighted by molar-refractivity contribution is 6.20. The Hall–Kier alpha value is -1.98. The van der Waals surface area contributed by atoms with Gasteiger partial charge in [-0.05, 0) is 18.8 Å². The molecule has 1 heterocycles. The molecule has 1 fully saturated rings. The van der Waals surface area contributed by atoms with E-state index >= 15 is 0 Å². The van der Waals surface area contributed by atoms with E-state index in [-0.39, 0.29) is 6.04 Å². The fourth-order valence-electron chi connectivity index (χ4n) is 2.68. The van der Waals surface area contributed by atoms with Gasteiger partial charge < -0.3 is 16.1 Å². The zero-order valence-electron chi connectivity index (χ0n) is 11.7. The summed E-state index contributed by atoms with van der Waals surface area (Å²) in [7, 11) is 0. The zero-order chi connectivity index (χ0) is 14.5. The summed E-state index contributed by atoms with van der Waals surface area (Å²) in [5.41, 5.74) is 6.58. The Morgan fingerprint density at radius 2 is 2.35 bits per heavy atom. The molecule has 1 aromatic rings. The van der Waals surface area contributed by atoms with Crippen molar-refractivity contribution >= 4 is 17.8 Å². The topological polar surface area (TPSA) is 108 Å². The highest BCUT2D eigenvalue weighted by Crippen LogP contribution is 2.27. The Morgan fingerprint density at radius 1 is 1.60 bits per heavy atom. The quantitative estimate of drug-likeness (QED) is 0.708. The molecule has 1 amide bonds. The number of primary amides is 1. The van der Waals surface area contributed by atoms with Crippen molar-refractivity contribution in [2.75, 3.05) is 0 Å². The molecule has 1 aliphatic carbocycles. The molecule has 1 aliphatic rings. The molecule has 0 bridgehead atoms. The predicted octanol–water partition coefficient (Wildman–Crippen LogP) is 1.53. The molecule has 0 radical (unpaired) electrons. The smallest absolute Gasteiger partial charge is 0.232 e. The van der Waals surface area contributed by atoms with E-state index in [1.807, 2.05) is 0 Å². The molecule has 0 spiro atoms. The zero-order valence-corrected chi connectivity index (χ0v) is 11.7. The molecule has 6 nitrogen and oxygen atoms in total. The number of aromatic amines is 1. The number of hydrogen-bond donors (Lipinski definition) is 3. The normalized spacial score (nSPS) is 25.1. The van der Waals surface area contributed by atoms with Gasteiger partial charge >= 0.3 is 0 Å². The van der Waals surface area contributed by atoms with Crippen molar-refractivity contribution in [2.45, 2.75) is 38.6 Å². The largest absolute Gasteiger partial charge is 0.369 e. The van der Waals surface area contributed by atoms with Gasteiger partial charge in [0.1, 0.15) is 5.92 Å². The van der Waals surface area contributed by atoms with Crippen LogP contribution in [0.3, 0.4) is 0 Å². The van der Waals surface area contributed by atoms with Gasteiger partial charge in [-0.2, -0.15) is 0 Å². The number of nitrogens with one attached hydrogen (secondary N) is 2. The SMILES string of the molecule is CC1CCCCC1N=C(c1cnc[nH]1)C(C=N)C(N)=O. The predicted molar refractivity (Wildman–Crippen MR) is 78.0 cm³/mol. The molecule has 4 N–H and O–H groups in total. The highest BCUT2D eigenvalue weighted by Gasteiger charge is 2.26. The summed E-state index contributed by atoms with van der Waals surface area (Å²) in [4.78, 5) is 23.2. The van der Waals surface area contributed by atoms with Gasteiger partial charge in [0.15, 0.2) is 0 Å². The first kappa shape index (κ1) is 14.4. The molecule has 6 heteroatoms. The lowest BCUT2D eigenvalue weighted by molar-refractivity contribution is -0.118. The number of carbonyl (C=O) groups excluding carboxylic acids is 1. The lowest BCUT2D eigenvalue weighted by Gasteiger charge is -2.27. The van der Waals surface area contributed by atoms with E-state index in [0.717, 1.165) is 25.5 Å². The van der Waals surface area contributed by atoms with Crippen molar-refractivity contribution in [3.63, 3.8) is 0 Å². The third kappa shape index (κ3) is 3.12. The first-order valence-electron chi connectivity index (χ1n) is 6.99. The van der Waals surface area contributed by atoms with Crippen LogP contribution in [0.25, 0.3) is 0 Å². The van der Waals surface area contributed by atoms with Gasteiger partial charge in [0.05, 0.1) is 30.0 Å². The van der Waals surface area contributed by atoms with Crippen LogP contribution in [-0.2, 0) is 4.79 Å². The molecule has 2 rings (SSSR count). The summed E-state index contributed by atoms with van der Waals surface area (Å²) in [6.07, 6.45) is 8.76. The molecule has 1 aromatic heterocycles. The molecule has 3 unspecified atom stereocenters. The van der Waals surface area contributed by atoms with Crippen molar-refractivity contribution in [1.82, 2.24) is 9.97 Å². The molecule has 1 saturated carbocycles. The van der Waals surface area contributed by atoms with Gasteiger partial charge in [-0.1, -0.05) is 19.8 Å². The summed E-state index contributed by atoms with van der Waals surface area (Å²) in [5, 5.41) is 7.45. The number of nitrogens with two attached hydrogens (primary N) is 1. The van der Waals surface area contributed by atoms with Crippen LogP contribution in [0.1, 0.15) is 38.3 Å². The Morgan fingerprint density at radius 3 is 2.90 bits per heavy atom. The van der Waals surface area contributed by atoms with Crippen LogP contribution in [0, 0.1) is 17.2 Å². The molecule has 0 aliphatic heterocycles. The van der Waals surface area contributed by atoms with Crippen LogP contribution in [0.15, 0.2) is 17.5 Å². The Labute approximate surface area is 118 Å². The average Bonchev–Trinajstić information content (AvgIpc) is 2.94. The van der Waals surface area contributed by atoms with Crippen LogP contribution in [0.2, 0.25) is 0 Å². The number of hydrogen-bond acceptors (Lipinski definition) is 4. The number of H-pyrrole nitrogens is 1. The van der Waals surface area contributed by atoms with Crippen LogP contribution in [-0.4, -0.2) is 33.8 Å². The van der Waals surface area contributed by atoms with E-state index in [1.165, 1.54) is 12.7 Å². The van der Waals surface area contributed by atoms with Gasteiger partial charge in [0.25, 0.3) is 0 Å². The van der Waals surface area contributed by atoms with Crippen molar-refractivity contribution < 1.29 is 4.79 Å². The molecular formula is C14H21N5O. The number of rotatable bonds is 5. The van der Waals surface area contributed by atoms with Gasteiger partial charge in [-0.15, -0.1) is 0 Å². The number of aliphatic imine (C=N–C) groups is 1. The van der Waals surface area contributed by atoms with Crippen LogP contribution in [0.4, 0.5) is 0 Å². The van der Waals surface area contributed by atoms with E-state index in [1.54, 1.807) is 6.20 Å². The minimum Gasteiger partial charge on any atom is -0.369 e. The molecule has 20 heavy (non-hydrogen) atoms.